The van der Waals surface area contributed by atoms with Gasteiger partial charge in [0.2, 0.25) is 0 Å². The van der Waals surface area contributed by atoms with Gasteiger partial charge in [-0.1, -0.05) is 43.3 Å². The van der Waals surface area contributed by atoms with E-state index in [-0.39, 0.29) is 66.8 Å². The van der Waals surface area contributed by atoms with E-state index >= 15 is 0 Å². The fourth-order valence-electron chi connectivity index (χ4n) is 5.83. The quantitative estimate of drug-likeness (QED) is 0.129. The average Bonchev–Trinajstić information content (AvgIpc) is 4.14. The molecule has 5 heterocycles. The summed E-state index contributed by atoms with van der Waals surface area (Å²) in [6.07, 6.45) is 0.939. The molecule has 8 rings (SSSR count). The van der Waals surface area contributed by atoms with E-state index in [0.29, 0.717) is 31.6 Å². The number of phenolic OH excluding ortho intramolecular Hbond substituents is 1. The van der Waals surface area contributed by atoms with Crippen LogP contribution in [-0.4, -0.2) is 116 Å². The van der Waals surface area contributed by atoms with Gasteiger partial charge < -0.3 is 57.1 Å². The molecule has 5 fully saturated rings. The van der Waals surface area contributed by atoms with Gasteiger partial charge in [0.25, 0.3) is 0 Å². The summed E-state index contributed by atoms with van der Waals surface area (Å²) in [5.74, 6) is 2.50. The number of ether oxygens (including phenoxy) is 4. The van der Waals surface area contributed by atoms with Gasteiger partial charge >= 0.3 is 21.4 Å². The lowest BCUT2D eigenvalue weighted by Crippen LogP contribution is -2.41. The summed E-state index contributed by atoms with van der Waals surface area (Å²) in [6, 6.07) is 22.4. The number of phenols is 1. The number of aliphatic hydroxyl groups is 1. The Morgan fingerprint density at radius 1 is 0.548 bits per heavy atom. The lowest BCUT2D eigenvalue weighted by atomic mass is 9.79. The van der Waals surface area contributed by atoms with E-state index in [1.165, 1.54) is 0 Å². The molecule has 5 aliphatic rings. The van der Waals surface area contributed by atoms with Crippen LogP contribution in [0, 0.1) is 0 Å². The average molecular weight is 881 g/mol. The highest BCUT2D eigenvalue weighted by atomic mass is 35.5. The Morgan fingerprint density at radius 2 is 0.855 bits per heavy atom. The zero-order valence-electron chi connectivity index (χ0n) is 39.0. The van der Waals surface area contributed by atoms with E-state index in [4.69, 9.17) is 58.5 Å². The predicted molar refractivity (Wildman–Crippen MR) is 246 cm³/mol. The second-order valence-corrected chi connectivity index (χ2v) is 19.6. The molecule has 5 saturated heterocycles. The first-order valence-electron chi connectivity index (χ1n) is 21.7. The molecule has 0 aromatic heterocycles. The summed E-state index contributed by atoms with van der Waals surface area (Å²) in [6.45, 7) is 29.0. The summed E-state index contributed by atoms with van der Waals surface area (Å²) < 4.78 is 56.8. The number of alkyl halides is 1. The van der Waals surface area contributed by atoms with Gasteiger partial charge in [0.05, 0.1) is 64.9 Å². The van der Waals surface area contributed by atoms with Crippen molar-refractivity contribution >= 4 is 49.3 Å². The zero-order valence-corrected chi connectivity index (χ0v) is 39.7. The molecule has 62 heavy (non-hydrogen) atoms. The molecule has 340 valence electrons. The topological polar surface area (TPSA) is 139 Å². The molecule has 0 aliphatic carbocycles. The smallest absolute Gasteiger partial charge is 0.494 e. The molecule has 0 radical (unpaired) electrons. The maximum Gasteiger partial charge on any atom is 0.494 e. The highest BCUT2D eigenvalue weighted by Gasteiger charge is 2.53. The third-order valence-corrected chi connectivity index (χ3v) is 12.9. The number of aromatic hydroxyl groups is 1. The van der Waals surface area contributed by atoms with E-state index in [1.807, 2.05) is 123 Å². The van der Waals surface area contributed by atoms with Gasteiger partial charge in [-0.2, -0.15) is 0 Å². The van der Waals surface area contributed by atoms with E-state index in [0.717, 1.165) is 41.1 Å². The number of benzene rings is 3. The van der Waals surface area contributed by atoms with Crippen LogP contribution in [0.2, 0.25) is 0 Å². The first kappa shape index (κ1) is 50.2. The Bertz CT molecular complexity index is 1800. The fraction of sp³-hybridized carbons (Fsp3) is 0.609. The summed E-state index contributed by atoms with van der Waals surface area (Å²) in [5, 5.41) is 18.7. The van der Waals surface area contributed by atoms with Crippen LogP contribution >= 0.6 is 11.6 Å². The number of hydrogen-bond acceptors (Lipinski definition) is 12. The monoisotopic (exact) mass is 880 g/mol. The summed E-state index contributed by atoms with van der Waals surface area (Å²) in [4.78, 5) is 0. The molecule has 12 nitrogen and oxygen atoms in total. The molecule has 0 spiro atoms. The second kappa shape index (κ2) is 20.1. The molecule has 0 amide bonds. The lowest BCUT2D eigenvalue weighted by molar-refractivity contribution is 0.00578. The van der Waals surface area contributed by atoms with Crippen LogP contribution in [0.1, 0.15) is 96.4 Å². The predicted octanol–water partition coefficient (Wildman–Crippen LogP) is 6.21. The van der Waals surface area contributed by atoms with Crippen LogP contribution in [0.15, 0.2) is 72.8 Å². The highest BCUT2D eigenvalue weighted by Crippen LogP contribution is 2.38. The number of aliphatic hydroxyl groups excluding tert-OH is 1. The van der Waals surface area contributed by atoms with Crippen molar-refractivity contribution in [1.29, 1.82) is 0 Å². The van der Waals surface area contributed by atoms with Gasteiger partial charge in [-0.05, 0) is 142 Å². The standard InChI is InChI=1S/C16H25BO4.C15H21BO4.C12H17BO3.C3H5ClO/c1-6-13(18)11-19-14-9-7-12(8-10-14)17-20-15(2,3)16(4,5)21-17;1-14(2)15(3,4)20-16(19-14)11-5-7-12(8-6-11)17-9-13-10-18-13;1-11(2)12(3,4)16-13(15-11)9-5-7-10(14)8-6-9;4-1-3-2-5-3/h7-10,13,18H,6,11H2,1-5H3;5-8,13H,9-10H2,1-4H3;5-8,14H,1-4H3;3H,1-2H2. The van der Waals surface area contributed by atoms with E-state index in [2.05, 4.69) is 27.7 Å². The van der Waals surface area contributed by atoms with Gasteiger partial charge in [-0.15, -0.1) is 11.6 Å². The van der Waals surface area contributed by atoms with Crippen LogP contribution in [-0.2, 0) is 37.4 Å². The van der Waals surface area contributed by atoms with Crippen molar-refractivity contribution in [2.75, 3.05) is 32.3 Å². The number of rotatable bonds is 11. The maximum atomic E-state index is 9.50. The molecule has 16 heteroatoms. The minimum absolute atomic E-state index is 0.250. The number of epoxide rings is 2. The van der Waals surface area contributed by atoms with Crippen molar-refractivity contribution in [2.45, 2.75) is 148 Å². The molecule has 3 aromatic rings. The largest absolute Gasteiger partial charge is 0.508 e. The molecule has 0 saturated carbocycles. The molecule has 3 atom stereocenters. The number of hydrogen-bond donors (Lipinski definition) is 2. The van der Waals surface area contributed by atoms with Crippen LogP contribution in [0.25, 0.3) is 0 Å². The van der Waals surface area contributed by atoms with Crippen molar-refractivity contribution in [3.8, 4) is 17.2 Å². The van der Waals surface area contributed by atoms with E-state index in [9.17, 15) is 10.2 Å². The Hall–Kier alpha value is -2.82. The summed E-state index contributed by atoms with van der Waals surface area (Å²) in [7, 11) is -1.03. The molecule has 3 unspecified atom stereocenters. The van der Waals surface area contributed by atoms with E-state index in [1.54, 1.807) is 12.1 Å². The van der Waals surface area contributed by atoms with Crippen molar-refractivity contribution in [2.24, 2.45) is 0 Å². The van der Waals surface area contributed by atoms with Crippen molar-refractivity contribution < 1.29 is 57.1 Å². The SMILES string of the molecule is CC1(C)OB(c2ccc(O)cc2)OC1(C)C.CC1(C)OB(c2ccc(OCC3CO3)cc2)OC1(C)C.CCC(O)COc1ccc(B2OC(C)(C)C(C)(C)O2)cc1.ClCC1CO1. The second-order valence-electron chi connectivity index (χ2n) is 19.2. The van der Waals surface area contributed by atoms with Crippen LogP contribution in [0.3, 0.4) is 0 Å². The first-order valence-corrected chi connectivity index (χ1v) is 22.2. The Kier molecular flexibility index (Phi) is 16.3. The van der Waals surface area contributed by atoms with Crippen LogP contribution < -0.4 is 25.9 Å². The highest BCUT2D eigenvalue weighted by molar-refractivity contribution is 6.63. The Labute approximate surface area is 375 Å². The van der Waals surface area contributed by atoms with Gasteiger partial charge in [-0.3, -0.25) is 0 Å². The van der Waals surface area contributed by atoms with Gasteiger partial charge in [0, 0.05) is 0 Å². The van der Waals surface area contributed by atoms with Crippen LogP contribution in [0.5, 0.6) is 17.2 Å². The Balaban J connectivity index is 0.000000167. The third-order valence-electron chi connectivity index (χ3n) is 12.6. The lowest BCUT2D eigenvalue weighted by Gasteiger charge is -2.32. The fourth-order valence-corrected chi connectivity index (χ4v) is 6.01. The number of halogens is 1. The van der Waals surface area contributed by atoms with Gasteiger partial charge in [0.15, 0.2) is 0 Å². The molecule has 0 bridgehead atoms. The van der Waals surface area contributed by atoms with Crippen LogP contribution in [0.4, 0.5) is 0 Å². The third kappa shape index (κ3) is 13.4. The Morgan fingerprint density at radius 3 is 1.13 bits per heavy atom. The molecule has 3 aromatic carbocycles. The molecule has 2 N–H and O–H groups in total. The van der Waals surface area contributed by atoms with Gasteiger partial charge in [0.1, 0.15) is 36.6 Å². The maximum absolute atomic E-state index is 9.50. The van der Waals surface area contributed by atoms with E-state index < -0.39 is 6.10 Å². The summed E-state index contributed by atoms with van der Waals surface area (Å²) >= 11 is 5.27. The minimum atomic E-state index is -0.423. The summed E-state index contributed by atoms with van der Waals surface area (Å²) in [5.41, 5.74) is 0.972. The molecular weight excluding hydrogens is 812 g/mol. The minimum Gasteiger partial charge on any atom is -0.508 e. The van der Waals surface area contributed by atoms with Crippen molar-refractivity contribution in [3.63, 3.8) is 0 Å². The van der Waals surface area contributed by atoms with Crippen molar-refractivity contribution in [3.05, 3.63) is 72.8 Å². The molecule has 5 aliphatic heterocycles. The molecular formula is C46H68B3ClO12. The van der Waals surface area contributed by atoms with Gasteiger partial charge in [-0.25, -0.2) is 0 Å². The normalized spacial score (nSPS) is 24.3. The first-order chi connectivity index (χ1) is 28.9. The zero-order chi connectivity index (χ0) is 45.7. The van der Waals surface area contributed by atoms with Crippen molar-refractivity contribution in [1.82, 2.24) is 0 Å².